The second-order valence-electron chi connectivity index (χ2n) is 5.73. The third-order valence-corrected chi connectivity index (χ3v) is 3.77. The van der Waals surface area contributed by atoms with Gasteiger partial charge in [0.05, 0.1) is 0 Å². The van der Waals surface area contributed by atoms with Gasteiger partial charge < -0.3 is 5.32 Å². The Kier molecular flexibility index (Phi) is 3.82. The minimum atomic E-state index is 0.518. The van der Waals surface area contributed by atoms with Crippen molar-refractivity contribution in [1.82, 2.24) is 10.3 Å². The first-order valence-electron chi connectivity index (χ1n) is 6.79. The van der Waals surface area contributed by atoms with E-state index in [1.807, 2.05) is 6.20 Å². The normalized spacial score (nSPS) is 20.5. The Bertz CT molecular complexity index is 383. The summed E-state index contributed by atoms with van der Waals surface area (Å²) in [7, 11) is 0. The Hall–Kier alpha value is -0.890. The van der Waals surface area contributed by atoms with E-state index in [0.29, 0.717) is 17.8 Å². The lowest BCUT2D eigenvalue weighted by Gasteiger charge is -2.25. The molecule has 1 N–H and O–H groups in total. The van der Waals surface area contributed by atoms with Crippen molar-refractivity contribution in [1.29, 1.82) is 0 Å². The molecule has 94 valence electrons. The fourth-order valence-corrected chi connectivity index (χ4v) is 2.79. The summed E-state index contributed by atoms with van der Waals surface area (Å²) < 4.78 is 0. The van der Waals surface area contributed by atoms with Gasteiger partial charge in [0, 0.05) is 24.4 Å². The predicted octanol–water partition coefficient (Wildman–Crippen LogP) is 3.09. The van der Waals surface area contributed by atoms with Crippen molar-refractivity contribution in [3.05, 3.63) is 29.1 Å². The summed E-state index contributed by atoms with van der Waals surface area (Å²) in [5.74, 6) is 1.80. The third-order valence-electron chi connectivity index (χ3n) is 3.77. The molecule has 0 spiro atoms. The molecule has 0 aromatic carbocycles. The van der Waals surface area contributed by atoms with Crippen molar-refractivity contribution in [3.63, 3.8) is 0 Å². The van der Waals surface area contributed by atoms with Gasteiger partial charge in [0.25, 0.3) is 0 Å². The number of rotatable bonds is 2. The lowest BCUT2D eigenvalue weighted by molar-refractivity contribution is 0.469. The quantitative estimate of drug-likeness (QED) is 0.847. The molecular weight excluding hydrogens is 208 g/mol. The van der Waals surface area contributed by atoms with Crippen LogP contribution in [0.15, 0.2) is 12.3 Å². The van der Waals surface area contributed by atoms with Crippen molar-refractivity contribution in [2.24, 2.45) is 5.92 Å². The van der Waals surface area contributed by atoms with Crippen LogP contribution >= 0.6 is 0 Å². The maximum atomic E-state index is 4.64. The molecule has 0 bridgehead atoms. The molecule has 17 heavy (non-hydrogen) atoms. The number of nitrogens with one attached hydrogen (secondary N) is 1. The van der Waals surface area contributed by atoms with Gasteiger partial charge in [0.1, 0.15) is 0 Å². The van der Waals surface area contributed by atoms with E-state index in [-0.39, 0.29) is 0 Å². The van der Waals surface area contributed by atoms with Crippen molar-refractivity contribution in [2.45, 2.75) is 46.0 Å². The van der Waals surface area contributed by atoms with E-state index in [9.17, 15) is 0 Å². The van der Waals surface area contributed by atoms with Crippen molar-refractivity contribution < 1.29 is 0 Å². The summed E-state index contributed by atoms with van der Waals surface area (Å²) in [4.78, 5) is 4.64. The SMILES string of the molecule is CC(C)c1nccc2c1C(C(C)C)CNCC2. The molecule has 1 atom stereocenters. The highest BCUT2D eigenvalue weighted by Gasteiger charge is 2.25. The van der Waals surface area contributed by atoms with Crippen molar-refractivity contribution >= 4 is 0 Å². The van der Waals surface area contributed by atoms with Gasteiger partial charge in [0.2, 0.25) is 0 Å². The number of hydrogen-bond donors (Lipinski definition) is 1. The number of aromatic nitrogens is 1. The third kappa shape index (κ3) is 2.52. The molecule has 0 amide bonds. The molecular formula is C15H24N2. The zero-order valence-electron chi connectivity index (χ0n) is 11.5. The van der Waals surface area contributed by atoms with Crippen molar-refractivity contribution in [3.8, 4) is 0 Å². The van der Waals surface area contributed by atoms with Gasteiger partial charge in [-0.3, -0.25) is 4.98 Å². The van der Waals surface area contributed by atoms with Crippen LogP contribution in [0.1, 0.15) is 56.4 Å². The molecule has 1 unspecified atom stereocenters. The van der Waals surface area contributed by atoms with Gasteiger partial charge in [-0.1, -0.05) is 27.7 Å². The van der Waals surface area contributed by atoms with Crippen LogP contribution in [-0.2, 0) is 6.42 Å². The molecule has 0 saturated heterocycles. The monoisotopic (exact) mass is 232 g/mol. The zero-order valence-corrected chi connectivity index (χ0v) is 11.5. The van der Waals surface area contributed by atoms with Crippen LogP contribution in [0.5, 0.6) is 0 Å². The lowest BCUT2D eigenvalue weighted by atomic mass is 9.82. The Labute approximate surface area is 105 Å². The summed E-state index contributed by atoms with van der Waals surface area (Å²) in [5, 5.41) is 3.56. The number of pyridine rings is 1. The maximum Gasteiger partial charge on any atom is 0.0467 e. The first-order valence-corrected chi connectivity index (χ1v) is 6.79. The molecule has 0 aliphatic carbocycles. The van der Waals surface area contributed by atoms with Gasteiger partial charge in [-0.15, -0.1) is 0 Å². The van der Waals surface area contributed by atoms with E-state index < -0.39 is 0 Å². The van der Waals surface area contributed by atoms with Gasteiger partial charge >= 0.3 is 0 Å². The van der Waals surface area contributed by atoms with Crippen LogP contribution in [0.25, 0.3) is 0 Å². The van der Waals surface area contributed by atoms with Crippen LogP contribution in [0.4, 0.5) is 0 Å². The van der Waals surface area contributed by atoms with E-state index in [4.69, 9.17) is 0 Å². The summed E-state index contributed by atoms with van der Waals surface area (Å²) in [6.45, 7) is 11.3. The average molecular weight is 232 g/mol. The highest BCUT2D eigenvalue weighted by Crippen LogP contribution is 2.33. The molecule has 2 rings (SSSR count). The fourth-order valence-electron chi connectivity index (χ4n) is 2.79. The average Bonchev–Trinajstić information content (AvgIpc) is 2.50. The van der Waals surface area contributed by atoms with Crippen LogP contribution < -0.4 is 5.32 Å². The molecule has 0 radical (unpaired) electrons. The summed E-state index contributed by atoms with van der Waals surface area (Å²) in [6.07, 6.45) is 3.12. The van der Waals surface area contributed by atoms with Gasteiger partial charge in [-0.05, 0) is 42.0 Å². The predicted molar refractivity (Wildman–Crippen MR) is 72.5 cm³/mol. The number of fused-ring (bicyclic) bond motifs is 1. The minimum Gasteiger partial charge on any atom is -0.316 e. The Balaban J connectivity index is 2.52. The van der Waals surface area contributed by atoms with E-state index in [1.54, 1.807) is 0 Å². The maximum absolute atomic E-state index is 4.64. The molecule has 1 aromatic rings. The topological polar surface area (TPSA) is 24.9 Å². The summed E-state index contributed by atoms with van der Waals surface area (Å²) in [5.41, 5.74) is 4.35. The Morgan fingerprint density at radius 3 is 2.71 bits per heavy atom. The summed E-state index contributed by atoms with van der Waals surface area (Å²) in [6, 6.07) is 2.21. The van der Waals surface area contributed by atoms with E-state index in [2.05, 4.69) is 44.1 Å². The fraction of sp³-hybridized carbons (Fsp3) is 0.667. The highest BCUT2D eigenvalue weighted by molar-refractivity contribution is 5.37. The van der Waals surface area contributed by atoms with Gasteiger partial charge in [-0.25, -0.2) is 0 Å². The molecule has 2 heteroatoms. The van der Waals surface area contributed by atoms with Crippen LogP contribution in [0, 0.1) is 5.92 Å². The first kappa shape index (κ1) is 12.6. The standard InChI is InChI=1S/C15H24N2/c1-10(2)13-9-16-7-5-12-6-8-17-15(11(3)4)14(12)13/h6,8,10-11,13,16H,5,7,9H2,1-4H3. The molecule has 1 aromatic heterocycles. The highest BCUT2D eigenvalue weighted by atomic mass is 14.9. The Morgan fingerprint density at radius 2 is 2.06 bits per heavy atom. The molecule has 0 fully saturated rings. The first-order chi connectivity index (χ1) is 8.11. The summed E-state index contributed by atoms with van der Waals surface area (Å²) >= 11 is 0. The van der Waals surface area contributed by atoms with Crippen LogP contribution in [-0.4, -0.2) is 18.1 Å². The van der Waals surface area contributed by atoms with Crippen LogP contribution in [0.2, 0.25) is 0 Å². The smallest absolute Gasteiger partial charge is 0.0467 e. The largest absolute Gasteiger partial charge is 0.316 e. The molecule has 1 aliphatic heterocycles. The Morgan fingerprint density at radius 1 is 1.29 bits per heavy atom. The molecule has 1 aliphatic rings. The molecule has 2 heterocycles. The lowest BCUT2D eigenvalue weighted by Crippen LogP contribution is -2.24. The van der Waals surface area contributed by atoms with Gasteiger partial charge in [0.15, 0.2) is 0 Å². The molecule has 0 saturated carbocycles. The molecule has 2 nitrogen and oxygen atoms in total. The van der Waals surface area contributed by atoms with E-state index >= 15 is 0 Å². The van der Waals surface area contributed by atoms with E-state index in [1.165, 1.54) is 16.8 Å². The minimum absolute atomic E-state index is 0.518. The van der Waals surface area contributed by atoms with Crippen molar-refractivity contribution in [2.75, 3.05) is 13.1 Å². The zero-order chi connectivity index (χ0) is 12.4. The van der Waals surface area contributed by atoms with E-state index in [0.717, 1.165) is 19.5 Å². The number of hydrogen-bond acceptors (Lipinski definition) is 2. The second-order valence-corrected chi connectivity index (χ2v) is 5.73. The second kappa shape index (κ2) is 5.18. The number of nitrogens with zero attached hydrogens (tertiary/aromatic N) is 1. The van der Waals surface area contributed by atoms with Crippen LogP contribution in [0.3, 0.4) is 0 Å². The van der Waals surface area contributed by atoms with Gasteiger partial charge in [-0.2, -0.15) is 0 Å².